The largest absolute Gasteiger partial charge is 0.506 e. The molecule has 9 heteroatoms. The summed E-state index contributed by atoms with van der Waals surface area (Å²) in [5, 5.41) is 15.1. The summed E-state index contributed by atoms with van der Waals surface area (Å²) < 4.78 is 21.1. The molecule has 8 rings (SSSR count). The van der Waals surface area contributed by atoms with E-state index >= 15 is 4.79 Å². The number of amides is 1. The van der Waals surface area contributed by atoms with Gasteiger partial charge in [0.05, 0.1) is 11.2 Å². The third-order valence-corrected chi connectivity index (χ3v) is 12.9. The molecule has 54 heavy (non-hydrogen) atoms. The standard InChI is InChI=1S/C45H58N2O7/c1-10-47-22-12-14-30(47)25-46-41(51)28(6)17-21-44-40(50)29-23-33-37(49)35-36(48)31-18-20-43(9,19-11-13-26(2)3)52-38(31)32(16-15-27(4)5)39(35)53-45(33,44)34(24-29)42(7,8)54-44/h13,15,17-18,20,23,29-30,34,48H,10-12,14,16,19,21-22,24-25H2,1-9H3,(H,46,51)/b28-17-. The fourth-order valence-corrected chi connectivity index (χ4v) is 10.1. The predicted octanol–water partition coefficient (Wildman–Crippen LogP) is 7.76. The maximum atomic E-state index is 15.0. The molecule has 0 aromatic heterocycles. The molecule has 2 saturated heterocycles. The van der Waals surface area contributed by atoms with Gasteiger partial charge < -0.3 is 24.6 Å². The van der Waals surface area contributed by atoms with Crippen molar-refractivity contribution in [2.75, 3.05) is 19.6 Å². The second-order valence-electron chi connectivity index (χ2n) is 17.6. The van der Waals surface area contributed by atoms with Crippen LogP contribution in [0.3, 0.4) is 0 Å². The van der Waals surface area contributed by atoms with E-state index in [-0.39, 0.29) is 46.9 Å². The molecule has 9 nitrogen and oxygen atoms in total. The number of hydrogen-bond donors (Lipinski definition) is 2. The summed E-state index contributed by atoms with van der Waals surface area (Å²) in [5.74, 6) is -1.05. The number of nitrogens with one attached hydrogen (secondary N) is 1. The van der Waals surface area contributed by atoms with Gasteiger partial charge in [0.25, 0.3) is 0 Å². The van der Waals surface area contributed by atoms with Crippen LogP contribution in [-0.4, -0.2) is 75.6 Å². The zero-order valence-electron chi connectivity index (χ0n) is 33.6. The van der Waals surface area contributed by atoms with E-state index in [9.17, 15) is 14.7 Å². The van der Waals surface area contributed by atoms with Gasteiger partial charge >= 0.3 is 0 Å². The lowest BCUT2D eigenvalue weighted by Crippen LogP contribution is -2.72. The van der Waals surface area contributed by atoms with E-state index in [4.69, 9.17) is 14.2 Å². The van der Waals surface area contributed by atoms with Crippen LogP contribution in [0.25, 0.3) is 6.08 Å². The van der Waals surface area contributed by atoms with Crippen LogP contribution in [0.2, 0.25) is 0 Å². The average Bonchev–Trinajstić information content (AvgIpc) is 3.63. The number of allylic oxidation sites excluding steroid dienone is 5. The maximum absolute atomic E-state index is 15.0. The number of benzene rings is 1. The third-order valence-electron chi connectivity index (χ3n) is 12.9. The van der Waals surface area contributed by atoms with Crippen molar-refractivity contribution >= 4 is 23.5 Å². The number of carbonyl (C=O) groups is 3. The molecule has 1 aromatic carbocycles. The minimum atomic E-state index is -1.56. The monoisotopic (exact) mass is 738 g/mol. The first-order chi connectivity index (χ1) is 25.5. The van der Waals surface area contributed by atoms with E-state index < -0.39 is 28.3 Å². The lowest BCUT2D eigenvalue weighted by Gasteiger charge is -2.56. The van der Waals surface area contributed by atoms with Gasteiger partial charge in [-0.25, -0.2) is 0 Å². The number of carbonyl (C=O) groups excluding carboxylic acids is 3. The summed E-state index contributed by atoms with van der Waals surface area (Å²) in [6, 6.07) is 0.312. The first-order valence-corrected chi connectivity index (χ1v) is 19.9. The number of likely N-dealkylation sites (N-methyl/N-ethyl adjacent to an activating group) is 1. The molecule has 3 aliphatic carbocycles. The van der Waals surface area contributed by atoms with E-state index in [0.717, 1.165) is 37.9 Å². The summed E-state index contributed by atoms with van der Waals surface area (Å²) in [5.41, 5.74) is -0.185. The van der Waals surface area contributed by atoms with Crippen molar-refractivity contribution in [2.45, 2.75) is 136 Å². The van der Waals surface area contributed by atoms with Gasteiger partial charge in [0, 0.05) is 47.6 Å². The number of nitrogens with zero attached hydrogens (tertiary/aromatic N) is 1. The number of aromatic hydroxyl groups is 1. The summed E-state index contributed by atoms with van der Waals surface area (Å²) in [6.07, 6.45) is 16.3. The Labute approximate surface area is 320 Å². The Kier molecular flexibility index (Phi) is 9.70. The topological polar surface area (TPSA) is 114 Å². The number of phenolic OH excluding ortho intramolecular Hbond substituents is 1. The lowest BCUT2D eigenvalue weighted by atomic mass is 9.51. The highest BCUT2D eigenvalue weighted by atomic mass is 16.6. The molecule has 6 unspecified atom stereocenters. The normalized spacial score (nSPS) is 31.5. The number of likely N-dealkylation sites (tertiary alicyclic amines) is 1. The molecule has 6 atom stereocenters. The van der Waals surface area contributed by atoms with E-state index in [2.05, 4.69) is 43.1 Å². The maximum Gasteiger partial charge on any atom is 0.246 e. The second kappa shape index (κ2) is 13.7. The summed E-state index contributed by atoms with van der Waals surface area (Å²) in [7, 11) is 0. The molecule has 4 bridgehead atoms. The highest BCUT2D eigenvalue weighted by Crippen LogP contribution is 2.68. The molecule has 7 aliphatic rings. The molecular weight excluding hydrogens is 681 g/mol. The van der Waals surface area contributed by atoms with E-state index in [1.807, 2.05) is 46.8 Å². The average molecular weight is 739 g/mol. The van der Waals surface area contributed by atoms with Gasteiger partial charge in [0.15, 0.2) is 22.8 Å². The van der Waals surface area contributed by atoms with Gasteiger partial charge in [-0.15, -0.1) is 0 Å². The van der Waals surface area contributed by atoms with Crippen molar-refractivity contribution < 1.29 is 33.7 Å². The van der Waals surface area contributed by atoms with Crippen LogP contribution in [0.15, 0.2) is 52.7 Å². The van der Waals surface area contributed by atoms with E-state index in [1.54, 1.807) is 19.1 Å². The highest BCUT2D eigenvalue weighted by Gasteiger charge is 2.81. The smallest absolute Gasteiger partial charge is 0.246 e. The van der Waals surface area contributed by atoms with Crippen molar-refractivity contribution in [1.82, 2.24) is 10.2 Å². The molecule has 1 amide bonds. The quantitative estimate of drug-likeness (QED) is 0.175. The van der Waals surface area contributed by atoms with Gasteiger partial charge in [0.2, 0.25) is 5.91 Å². The highest BCUT2D eigenvalue weighted by molar-refractivity contribution is 6.19. The number of fused-ring (bicyclic) bond motifs is 2. The first-order valence-electron chi connectivity index (χ1n) is 19.9. The first kappa shape index (κ1) is 38.3. The van der Waals surface area contributed by atoms with Gasteiger partial charge in [-0.05, 0) is 119 Å². The van der Waals surface area contributed by atoms with Crippen LogP contribution in [0, 0.1) is 11.8 Å². The fraction of sp³-hybridized carbons (Fsp3) is 0.578. The van der Waals surface area contributed by atoms with Crippen molar-refractivity contribution in [2.24, 2.45) is 11.8 Å². The zero-order chi connectivity index (χ0) is 39.0. The van der Waals surface area contributed by atoms with Crippen LogP contribution in [0.4, 0.5) is 0 Å². The molecule has 4 aliphatic heterocycles. The minimum absolute atomic E-state index is 0.0634. The zero-order valence-corrected chi connectivity index (χ0v) is 33.6. The number of rotatable bonds is 11. The second-order valence-corrected chi connectivity index (χ2v) is 17.6. The van der Waals surface area contributed by atoms with Crippen LogP contribution in [0.5, 0.6) is 17.2 Å². The lowest BCUT2D eigenvalue weighted by molar-refractivity contribution is -0.171. The molecule has 4 heterocycles. The van der Waals surface area contributed by atoms with Crippen molar-refractivity contribution in [3.63, 3.8) is 0 Å². The molecule has 2 N–H and O–H groups in total. The predicted molar refractivity (Wildman–Crippen MR) is 210 cm³/mol. The molecule has 290 valence electrons. The van der Waals surface area contributed by atoms with Crippen LogP contribution >= 0.6 is 0 Å². The summed E-state index contributed by atoms with van der Waals surface area (Å²) in [6.45, 7) is 20.6. The van der Waals surface area contributed by atoms with E-state index in [1.165, 1.54) is 5.57 Å². The number of ether oxygens (including phenoxy) is 3. The molecule has 1 spiro atoms. The van der Waals surface area contributed by atoms with Gasteiger partial charge in [-0.3, -0.25) is 19.3 Å². The molecule has 1 saturated carbocycles. The van der Waals surface area contributed by atoms with Gasteiger partial charge in [-0.1, -0.05) is 42.4 Å². The van der Waals surface area contributed by atoms with E-state index in [0.29, 0.717) is 59.9 Å². The number of hydrogen-bond acceptors (Lipinski definition) is 8. The van der Waals surface area contributed by atoms with Crippen LogP contribution < -0.4 is 14.8 Å². The van der Waals surface area contributed by atoms with Crippen LogP contribution in [0.1, 0.15) is 122 Å². The Morgan fingerprint density at radius 3 is 2.48 bits per heavy atom. The van der Waals surface area contributed by atoms with Crippen molar-refractivity contribution in [3.05, 3.63) is 69.4 Å². The third kappa shape index (κ3) is 5.92. The van der Waals surface area contributed by atoms with Crippen molar-refractivity contribution in [1.29, 1.82) is 0 Å². The summed E-state index contributed by atoms with van der Waals surface area (Å²) >= 11 is 0. The Morgan fingerprint density at radius 2 is 1.78 bits per heavy atom. The van der Waals surface area contributed by atoms with Crippen LogP contribution in [-0.2, 0) is 20.7 Å². The molecule has 3 fully saturated rings. The minimum Gasteiger partial charge on any atom is -0.506 e. The van der Waals surface area contributed by atoms with Gasteiger partial charge in [0.1, 0.15) is 28.4 Å². The SMILES string of the molecule is CCN1CCCC1CNC(=O)/C(C)=C\CC12OC(C)(C)C3CC(C=C4C(=O)c5c(O)c6c(c(CC=C(C)C)c5OC431)OC(C)(CCC=C(C)C)C=C6)C2=O. The van der Waals surface area contributed by atoms with Crippen molar-refractivity contribution in [3.8, 4) is 17.2 Å². The summed E-state index contributed by atoms with van der Waals surface area (Å²) in [4.78, 5) is 45.6. The fourth-order valence-electron chi connectivity index (χ4n) is 10.1. The Morgan fingerprint density at radius 1 is 1.04 bits per heavy atom. The molecular formula is C45H58N2O7. The Hall–Kier alpha value is -3.95. The Balaban J connectivity index is 1.32. The number of phenols is 1. The Bertz CT molecular complexity index is 1940. The molecule has 0 radical (unpaired) electrons. The number of Topliss-reactive ketones (excluding diaryl/α,β-unsaturated/α-hetero) is 2. The molecule has 1 aromatic rings. The van der Waals surface area contributed by atoms with Gasteiger partial charge in [-0.2, -0.15) is 0 Å². The number of ketones is 2.